The highest BCUT2D eigenvalue weighted by atomic mass is 35.5. The second-order valence-corrected chi connectivity index (χ2v) is 5.40. The van der Waals surface area contributed by atoms with Crippen molar-refractivity contribution >= 4 is 17.5 Å². The van der Waals surface area contributed by atoms with Crippen LogP contribution in [-0.4, -0.2) is 25.7 Å². The summed E-state index contributed by atoms with van der Waals surface area (Å²) in [4.78, 5) is 11.8. The third-order valence-corrected chi connectivity index (χ3v) is 3.38. The van der Waals surface area contributed by atoms with Gasteiger partial charge in [0.15, 0.2) is 18.1 Å². The van der Waals surface area contributed by atoms with E-state index in [1.54, 1.807) is 0 Å². The van der Waals surface area contributed by atoms with Crippen LogP contribution in [0, 0.1) is 17.2 Å². The van der Waals surface area contributed by atoms with Gasteiger partial charge in [-0.1, -0.05) is 25.4 Å². The molecule has 1 rings (SSSR count). The van der Waals surface area contributed by atoms with Crippen LogP contribution in [0.2, 0.25) is 5.02 Å². The van der Waals surface area contributed by atoms with Crippen molar-refractivity contribution in [2.45, 2.75) is 26.8 Å². The molecule has 1 aromatic rings. The van der Waals surface area contributed by atoms with Crippen molar-refractivity contribution in [1.82, 2.24) is 5.32 Å². The number of hydrogen-bond acceptors (Lipinski definition) is 4. The number of benzene rings is 1. The van der Waals surface area contributed by atoms with E-state index in [9.17, 15) is 4.79 Å². The lowest BCUT2D eigenvalue weighted by atomic mass is 10.1. The van der Waals surface area contributed by atoms with Gasteiger partial charge in [0.05, 0.1) is 23.8 Å². The van der Waals surface area contributed by atoms with Gasteiger partial charge in [0.2, 0.25) is 0 Å². The fourth-order valence-electron chi connectivity index (χ4n) is 1.52. The standard InChI is InChI=1S/C15H19ClN2O3/c1-9(2)10(3)18-14(19)8-21-15-12(16)5-11(7-17)6-13(15)20-4/h5-6,9-10H,8H2,1-4H3,(H,18,19)/t10-/m0/s1. The second kappa shape index (κ2) is 7.75. The Kier molecular flexibility index (Phi) is 6.32. The van der Waals surface area contributed by atoms with E-state index in [0.717, 1.165) is 0 Å². The molecule has 0 unspecified atom stereocenters. The monoisotopic (exact) mass is 310 g/mol. The number of nitriles is 1. The van der Waals surface area contributed by atoms with Gasteiger partial charge in [-0.2, -0.15) is 5.26 Å². The van der Waals surface area contributed by atoms with Crippen molar-refractivity contribution in [3.05, 3.63) is 22.7 Å². The van der Waals surface area contributed by atoms with Gasteiger partial charge in [-0.05, 0) is 18.9 Å². The number of rotatable bonds is 6. The molecule has 0 saturated heterocycles. The third kappa shape index (κ3) is 4.83. The van der Waals surface area contributed by atoms with Crippen LogP contribution in [0.25, 0.3) is 0 Å². The maximum atomic E-state index is 11.8. The Morgan fingerprint density at radius 2 is 2.10 bits per heavy atom. The van der Waals surface area contributed by atoms with E-state index in [2.05, 4.69) is 5.32 Å². The predicted octanol–water partition coefficient (Wildman–Crippen LogP) is 2.76. The summed E-state index contributed by atoms with van der Waals surface area (Å²) in [6, 6.07) is 5.01. The topological polar surface area (TPSA) is 71.3 Å². The minimum atomic E-state index is -0.237. The predicted molar refractivity (Wildman–Crippen MR) is 80.7 cm³/mol. The van der Waals surface area contributed by atoms with Crippen LogP contribution >= 0.6 is 11.6 Å². The number of hydrogen-bond donors (Lipinski definition) is 1. The van der Waals surface area contributed by atoms with Crippen molar-refractivity contribution in [3.8, 4) is 17.6 Å². The molecule has 0 fully saturated rings. The van der Waals surface area contributed by atoms with Crippen LogP contribution in [-0.2, 0) is 4.79 Å². The molecule has 0 aliphatic heterocycles. The molecule has 1 amide bonds. The molecule has 0 spiro atoms. The molecular formula is C15H19ClN2O3. The summed E-state index contributed by atoms with van der Waals surface area (Å²) in [6.07, 6.45) is 0. The molecular weight excluding hydrogens is 292 g/mol. The van der Waals surface area contributed by atoms with Crippen LogP contribution in [0.4, 0.5) is 0 Å². The Morgan fingerprint density at radius 1 is 1.43 bits per heavy atom. The summed E-state index contributed by atoms with van der Waals surface area (Å²) in [5.74, 6) is 0.676. The number of nitrogens with one attached hydrogen (secondary N) is 1. The van der Waals surface area contributed by atoms with E-state index in [0.29, 0.717) is 17.2 Å². The van der Waals surface area contributed by atoms with E-state index < -0.39 is 0 Å². The lowest BCUT2D eigenvalue weighted by molar-refractivity contribution is -0.124. The molecule has 5 nitrogen and oxygen atoms in total. The molecule has 114 valence electrons. The molecule has 21 heavy (non-hydrogen) atoms. The summed E-state index contributed by atoms with van der Waals surface area (Å²) in [5.41, 5.74) is 0.363. The number of ether oxygens (including phenoxy) is 2. The van der Waals surface area contributed by atoms with Crippen molar-refractivity contribution in [1.29, 1.82) is 5.26 Å². The Bertz CT molecular complexity index is 553. The van der Waals surface area contributed by atoms with Gasteiger partial charge in [0.1, 0.15) is 0 Å². The highest BCUT2D eigenvalue weighted by molar-refractivity contribution is 6.32. The highest BCUT2D eigenvalue weighted by Gasteiger charge is 2.15. The fourth-order valence-corrected chi connectivity index (χ4v) is 1.79. The summed E-state index contributed by atoms with van der Waals surface area (Å²) < 4.78 is 10.6. The molecule has 0 heterocycles. The zero-order valence-electron chi connectivity index (χ0n) is 12.6. The highest BCUT2D eigenvalue weighted by Crippen LogP contribution is 2.36. The van der Waals surface area contributed by atoms with E-state index >= 15 is 0 Å². The lowest BCUT2D eigenvalue weighted by Crippen LogP contribution is -2.39. The minimum absolute atomic E-state index is 0.0550. The van der Waals surface area contributed by atoms with Crippen molar-refractivity contribution in [2.75, 3.05) is 13.7 Å². The van der Waals surface area contributed by atoms with Gasteiger partial charge in [0, 0.05) is 12.1 Å². The van der Waals surface area contributed by atoms with Crippen molar-refractivity contribution < 1.29 is 14.3 Å². The number of methoxy groups -OCH3 is 1. The van der Waals surface area contributed by atoms with E-state index in [4.69, 9.17) is 26.3 Å². The molecule has 1 N–H and O–H groups in total. The quantitative estimate of drug-likeness (QED) is 0.877. The molecule has 0 aromatic heterocycles. The largest absolute Gasteiger partial charge is 0.493 e. The molecule has 0 bridgehead atoms. The van der Waals surface area contributed by atoms with Crippen LogP contribution in [0.15, 0.2) is 12.1 Å². The summed E-state index contributed by atoms with van der Waals surface area (Å²) in [6.45, 7) is 5.80. The Labute approximate surface area is 129 Å². The smallest absolute Gasteiger partial charge is 0.258 e. The zero-order chi connectivity index (χ0) is 16.0. The number of carbonyl (C=O) groups is 1. The first kappa shape index (κ1) is 17.1. The number of halogens is 1. The maximum absolute atomic E-state index is 11.8. The zero-order valence-corrected chi connectivity index (χ0v) is 13.3. The molecule has 0 aliphatic carbocycles. The van der Waals surface area contributed by atoms with Crippen LogP contribution < -0.4 is 14.8 Å². The first-order valence-corrected chi connectivity index (χ1v) is 6.96. The SMILES string of the molecule is COc1cc(C#N)cc(Cl)c1OCC(=O)N[C@@H](C)C(C)C. The normalized spacial score (nSPS) is 11.7. The summed E-state index contributed by atoms with van der Waals surface area (Å²) in [7, 11) is 1.45. The average Bonchev–Trinajstić information content (AvgIpc) is 2.44. The molecule has 0 aliphatic rings. The minimum Gasteiger partial charge on any atom is -0.493 e. The second-order valence-electron chi connectivity index (χ2n) is 4.99. The molecule has 1 aromatic carbocycles. The lowest BCUT2D eigenvalue weighted by Gasteiger charge is -2.18. The van der Waals surface area contributed by atoms with Gasteiger partial charge in [0.25, 0.3) is 5.91 Å². The van der Waals surface area contributed by atoms with E-state index in [1.807, 2.05) is 26.8 Å². The number of carbonyl (C=O) groups excluding carboxylic acids is 1. The molecule has 6 heteroatoms. The Balaban J connectivity index is 2.76. The maximum Gasteiger partial charge on any atom is 0.258 e. The first-order chi connectivity index (χ1) is 9.88. The Hall–Kier alpha value is -1.93. The van der Waals surface area contributed by atoms with Crippen LogP contribution in [0.3, 0.4) is 0 Å². The molecule has 0 saturated carbocycles. The first-order valence-electron chi connectivity index (χ1n) is 6.58. The van der Waals surface area contributed by atoms with E-state index in [1.165, 1.54) is 19.2 Å². The van der Waals surface area contributed by atoms with E-state index in [-0.39, 0.29) is 29.3 Å². The van der Waals surface area contributed by atoms with Gasteiger partial charge >= 0.3 is 0 Å². The van der Waals surface area contributed by atoms with Crippen molar-refractivity contribution in [2.24, 2.45) is 5.92 Å². The summed E-state index contributed by atoms with van der Waals surface area (Å²) in [5, 5.41) is 11.9. The molecule has 0 radical (unpaired) electrons. The van der Waals surface area contributed by atoms with Crippen LogP contribution in [0.1, 0.15) is 26.3 Å². The number of amides is 1. The fraction of sp³-hybridized carbons (Fsp3) is 0.467. The molecule has 1 atom stereocenters. The third-order valence-electron chi connectivity index (χ3n) is 3.09. The number of nitrogens with zero attached hydrogens (tertiary/aromatic N) is 1. The van der Waals surface area contributed by atoms with Gasteiger partial charge in [-0.15, -0.1) is 0 Å². The summed E-state index contributed by atoms with van der Waals surface area (Å²) >= 11 is 6.04. The van der Waals surface area contributed by atoms with Crippen molar-refractivity contribution in [3.63, 3.8) is 0 Å². The van der Waals surface area contributed by atoms with Crippen LogP contribution in [0.5, 0.6) is 11.5 Å². The van der Waals surface area contributed by atoms with Gasteiger partial charge in [-0.25, -0.2) is 0 Å². The Morgan fingerprint density at radius 3 is 2.62 bits per heavy atom. The van der Waals surface area contributed by atoms with Gasteiger partial charge < -0.3 is 14.8 Å². The average molecular weight is 311 g/mol. The van der Waals surface area contributed by atoms with Gasteiger partial charge in [-0.3, -0.25) is 4.79 Å².